The van der Waals surface area contributed by atoms with E-state index in [9.17, 15) is 17.6 Å². The Balaban J connectivity index is 1.82. The van der Waals surface area contributed by atoms with Crippen molar-refractivity contribution in [2.75, 3.05) is 0 Å². The van der Waals surface area contributed by atoms with Gasteiger partial charge in [0.25, 0.3) is 5.89 Å². The Morgan fingerprint density at radius 1 is 1.29 bits per heavy atom. The van der Waals surface area contributed by atoms with Crippen molar-refractivity contribution in [2.24, 2.45) is 0 Å². The molecule has 0 amide bonds. The van der Waals surface area contributed by atoms with Gasteiger partial charge < -0.3 is 9.84 Å². The van der Waals surface area contributed by atoms with Crippen molar-refractivity contribution in [2.45, 2.75) is 31.6 Å². The molecular formula is C13H11F4N3O. The Morgan fingerprint density at radius 2 is 2.05 bits per heavy atom. The molecule has 3 rings (SSSR count). The molecule has 0 unspecified atom stereocenters. The van der Waals surface area contributed by atoms with E-state index in [-0.39, 0.29) is 11.5 Å². The van der Waals surface area contributed by atoms with Crippen LogP contribution in [0.25, 0.3) is 11.5 Å². The SMILES string of the molecule is Fc1ccc(-c2nc(CNC3CC3)no2)cc1C(F)(F)F. The van der Waals surface area contributed by atoms with Crippen molar-refractivity contribution in [3.05, 3.63) is 35.4 Å². The van der Waals surface area contributed by atoms with Crippen molar-refractivity contribution in [1.29, 1.82) is 0 Å². The second-order valence-electron chi connectivity index (χ2n) is 4.86. The van der Waals surface area contributed by atoms with Gasteiger partial charge in [-0.05, 0) is 31.0 Å². The lowest BCUT2D eigenvalue weighted by molar-refractivity contribution is -0.139. The zero-order valence-corrected chi connectivity index (χ0v) is 10.7. The molecule has 21 heavy (non-hydrogen) atoms. The first kappa shape index (κ1) is 14.0. The summed E-state index contributed by atoms with van der Waals surface area (Å²) in [4.78, 5) is 4.00. The van der Waals surface area contributed by atoms with Gasteiger partial charge >= 0.3 is 6.18 Å². The van der Waals surface area contributed by atoms with E-state index in [1.165, 1.54) is 6.07 Å². The lowest BCUT2D eigenvalue weighted by Gasteiger charge is -2.08. The minimum atomic E-state index is -4.77. The predicted octanol–water partition coefficient (Wildman–Crippen LogP) is 3.15. The molecular weight excluding hydrogens is 290 g/mol. The van der Waals surface area contributed by atoms with Crippen LogP contribution < -0.4 is 5.32 Å². The Hall–Kier alpha value is -1.96. The molecule has 1 fully saturated rings. The normalized spacial score (nSPS) is 15.4. The summed E-state index contributed by atoms with van der Waals surface area (Å²) in [6.45, 7) is 0.390. The van der Waals surface area contributed by atoms with E-state index >= 15 is 0 Å². The maximum atomic E-state index is 13.2. The zero-order chi connectivity index (χ0) is 15.0. The summed E-state index contributed by atoms with van der Waals surface area (Å²) in [5, 5.41) is 6.84. The smallest absolute Gasteiger partial charge is 0.334 e. The fourth-order valence-corrected chi connectivity index (χ4v) is 1.84. The number of aromatic nitrogens is 2. The molecule has 112 valence electrons. The van der Waals surface area contributed by atoms with Gasteiger partial charge in [-0.1, -0.05) is 5.16 Å². The van der Waals surface area contributed by atoms with Gasteiger partial charge in [0.1, 0.15) is 5.82 Å². The van der Waals surface area contributed by atoms with E-state index in [4.69, 9.17) is 4.52 Å². The number of hydrogen-bond acceptors (Lipinski definition) is 4. The molecule has 0 atom stereocenters. The number of rotatable bonds is 4. The molecule has 0 spiro atoms. The Morgan fingerprint density at radius 3 is 2.71 bits per heavy atom. The molecule has 1 saturated carbocycles. The van der Waals surface area contributed by atoms with Crippen LogP contribution in [0.5, 0.6) is 0 Å². The average molecular weight is 301 g/mol. The minimum absolute atomic E-state index is 0.0360. The number of benzene rings is 1. The summed E-state index contributed by atoms with van der Waals surface area (Å²) in [5.74, 6) is -1.04. The summed E-state index contributed by atoms with van der Waals surface area (Å²) in [5.41, 5.74) is -1.32. The van der Waals surface area contributed by atoms with E-state index < -0.39 is 17.6 Å². The summed E-state index contributed by atoms with van der Waals surface area (Å²) in [7, 11) is 0. The van der Waals surface area contributed by atoms with Crippen molar-refractivity contribution in [1.82, 2.24) is 15.5 Å². The van der Waals surface area contributed by atoms with E-state index in [1.807, 2.05) is 0 Å². The van der Waals surface area contributed by atoms with Crippen LogP contribution in [0.3, 0.4) is 0 Å². The number of nitrogens with one attached hydrogen (secondary N) is 1. The highest BCUT2D eigenvalue weighted by Gasteiger charge is 2.34. The second kappa shape index (κ2) is 5.10. The summed E-state index contributed by atoms with van der Waals surface area (Å²) in [6, 6.07) is 3.04. The number of nitrogens with zero attached hydrogens (tertiary/aromatic N) is 2. The summed E-state index contributed by atoms with van der Waals surface area (Å²) in [6.07, 6.45) is -2.58. The van der Waals surface area contributed by atoms with Crippen LogP contribution in [-0.2, 0) is 12.7 Å². The zero-order valence-electron chi connectivity index (χ0n) is 10.7. The Bertz CT molecular complexity index is 649. The summed E-state index contributed by atoms with van der Waals surface area (Å²) >= 11 is 0. The molecule has 2 aromatic rings. The summed E-state index contributed by atoms with van der Waals surface area (Å²) < 4.78 is 56.1. The van der Waals surface area contributed by atoms with Crippen molar-refractivity contribution in [3.63, 3.8) is 0 Å². The lowest BCUT2D eigenvalue weighted by Crippen LogP contribution is -2.16. The fraction of sp³-hybridized carbons (Fsp3) is 0.385. The van der Waals surface area contributed by atoms with Crippen LogP contribution in [0.15, 0.2) is 22.7 Å². The third-order valence-electron chi connectivity index (χ3n) is 3.11. The standard InChI is InChI=1S/C13H11F4N3O/c14-10-4-1-7(5-9(10)13(15,16)17)12-19-11(20-21-12)6-18-8-2-3-8/h1,4-5,8,18H,2-3,6H2. The molecule has 1 aromatic carbocycles. The molecule has 1 aliphatic carbocycles. The molecule has 1 aromatic heterocycles. The molecule has 1 aliphatic rings. The Kier molecular flexibility index (Phi) is 3.40. The predicted molar refractivity (Wildman–Crippen MR) is 64.6 cm³/mol. The average Bonchev–Trinajstić information content (AvgIpc) is 3.13. The highest BCUT2D eigenvalue weighted by molar-refractivity contribution is 5.54. The van der Waals surface area contributed by atoms with Gasteiger partial charge in [0, 0.05) is 11.6 Å². The van der Waals surface area contributed by atoms with Crippen LogP contribution in [0.4, 0.5) is 17.6 Å². The molecule has 0 aliphatic heterocycles. The topological polar surface area (TPSA) is 51.0 Å². The van der Waals surface area contributed by atoms with Gasteiger partial charge in [-0.25, -0.2) is 4.39 Å². The van der Waals surface area contributed by atoms with Gasteiger partial charge in [0.15, 0.2) is 5.82 Å². The highest BCUT2D eigenvalue weighted by Crippen LogP contribution is 2.33. The van der Waals surface area contributed by atoms with Crippen LogP contribution in [0, 0.1) is 5.82 Å². The minimum Gasteiger partial charge on any atom is -0.334 e. The third-order valence-corrected chi connectivity index (χ3v) is 3.11. The van der Waals surface area contributed by atoms with E-state index in [0.29, 0.717) is 24.5 Å². The number of alkyl halides is 3. The Labute approximate surface area is 117 Å². The monoisotopic (exact) mass is 301 g/mol. The van der Waals surface area contributed by atoms with Crippen molar-refractivity contribution in [3.8, 4) is 11.5 Å². The van der Waals surface area contributed by atoms with Gasteiger partial charge in [-0.2, -0.15) is 18.2 Å². The van der Waals surface area contributed by atoms with Crippen LogP contribution in [0.2, 0.25) is 0 Å². The molecule has 1 N–H and O–H groups in total. The van der Waals surface area contributed by atoms with Gasteiger partial charge in [-0.3, -0.25) is 0 Å². The molecule has 0 bridgehead atoms. The van der Waals surface area contributed by atoms with Gasteiger partial charge in [0.05, 0.1) is 12.1 Å². The fourth-order valence-electron chi connectivity index (χ4n) is 1.84. The first-order valence-corrected chi connectivity index (χ1v) is 6.36. The maximum Gasteiger partial charge on any atom is 0.419 e. The van der Waals surface area contributed by atoms with Gasteiger partial charge in [-0.15, -0.1) is 0 Å². The maximum absolute atomic E-state index is 13.2. The largest absolute Gasteiger partial charge is 0.419 e. The van der Waals surface area contributed by atoms with Crippen molar-refractivity contribution < 1.29 is 22.1 Å². The van der Waals surface area contributed by atoms with E-state index in [0.717, 1.165) is 18.9 Å². The van der Waals surface area contributed by atoms with E-state index in [2.05, 4.69) is 15.5 Å². The van der Waals surface area contributed by atoms with Crippen LogP contribution in [0.1, 0.15) is 24.2 Å². The van der Waals surface area contributed by atoms with Gasteiger partial charge in [0.2, 0.25) is 0 Å². The van der Waals surface area contributed by atoms with Crippen LogP contribution >= 0.6 is 0 Å². The molecule has 4 nitrogen and oxygen atoms in total. The lowest BCUT2D eigenvalue weighted by atomic mass is 10.1. The molecule has 8 heteroatoms. The third kappa shape index (κ3) is 3.21. The second-order valence-corrected chi connectivity index (χ2v) is 4.86. The first-order valence-electron chi connectivity index (χ1n) is 6.36. The molecule has 0 radical (unpaired) electrons. The van der Waals surface area contributed by atoms with Crippen molar-refractivity contribution >= 4 is 0 Å². The number of halogens is 4. The first-order chi connectivity index (χ1) is 9.93. The molecule has 0 saturated heterocycles. The van der Waals surface area contributed by atoms with E-state index in [1.54, 1.807) is 0 Å². The number of hydrogen-bond donors (Lipinski definition) is 1. The van der Waals surface area contributed by atoms with Crippen LogP contribution in [-0.4, -0.2) is 16.2 Å². The molecule has 1 heterocycles. The highest BCUT2D eigenvalue weighted by atomic mass is 19.4. The quantitative estimate of drug-likeness (QED) is 0.881.